The molecule has 0 spiro atoms. The largest absolute Gasteiger partial charge is 0.382 e. The Hall–Kier alpha value is -1.91. The van der Waals surface area contributed by atoms with E-state index >= 15 is 0 Å². The Kier molecular flexibility index (Phi) is 2.34. The molecule has 5 heteroatoms. The van der Waals surface area contributed by atoms with E-state index < -0.39 is 11.6 Å². The molecule has 1 heterocycles. The first-order chi connectivity index (χ1) is 9.91. The summed E-state index contributed by atoms with van der Waals surface area (Å²) in [5.74, 6) is -0.00809. The van der Waals surface area contributed by atoms with Gasteiger partial charge in [-0.2, -0.15) is 5.10 Å². The minimum atomic E-state index is -0.610. The zero-order chi connectivity index (χ0) is 14.9. The highest BCUT2D eigenvalue weighted by Crippen LogP contribution is 2.65. The molecule has 0 unspecified atom stereocenters. The second-order valence-corrected chi connectivity index (χ2v) is 6.70. The third-order valence-electron chi connectivity index (χ3n) is 5.34. The fraction of sp³-hybridized carbons (Fsp3) is 0.438. The molecule has 1 fully saturated rings. The van der Waals surface area contributed by atoms with Gasteiger partial charge in [0.15, 0.2) is 5.82 Å². The quantitative estimate of drug-likeness (QED) is 0.869. The molecule has 110 valence electrons. The summed E-state index contributed by atoms with van der Waals surface area (Å²) in [6.45, 7) is 4.47. The fourth-order valence-corrected chi connectivity index (χ4v) is 4.32. The number of nitrogen functional groups attached to an aromatic ring is 1. The standard InChI is InChI=1S/C16H17F2N3/c1-16(2)9-4-5-10(16)14-13(9)15(19)20-21(14)12-6-3-8(17)7-11(12)18/h3,6-7,9-10H,4-5H2,1-2H3,(H2,19,20)/t9-,10-/m1/s1. The van der Waals surface area contributed by atoms with Gasteiger partial charge in [-0.1, -0.05) is 13.8 Å². The molecule has 0 radical (unpaired) electrons. The van der Waals surface area contributed by atoms with Gasteiger partial charge >= 0.3 is 0 Å². The van der Waals surface area contributed by atoms with Gasteiger partial charge in [-0.05, 0) is 36.3 Å². The van der Waals surface area contributed by atoms with Crippen LogP contribution < -0.4 is 5.73 Å². The van der Waals surface area contributed by atoms with Crippen LogP contribution in [0.15, 0.2) is 18.2 Å². The lowest BCUT2D eigenvalue weighted by atomic mass is 9.80. The number of halogens is 2. The summed E-state index contributed by atoms with van der Waals surface area (Å²) in [5.41, 5.74) is 8.57. The van der Waals surface area contributed by atoms with Crippen molar-refractivity contribution in [2.24, 2.45) is 5.41 Å². The Morgan fingerprint density at radius 2 is 1.95 bits per heavy atom. The molecular formula is C16H17F2N3. The molecule has 0 saturated heterocycles. The summed E-state index contributed by atoms with van der Waals surface area (Å²) in [6.07, 6.45) is 2.17. The maximum Gasteiger partial charge on any atom is 0.151 e. The second kappa shape index (κ2) is 3.84. The number of benzene rings is 1. The Bertz CT molecular complexity index is 748. The molecule has 1 saturated carbocycles. The predicted octanol–water partition coefficient (Wildman–Crippen LogP) is 3.73. The summed E-state index contributed by atoms with van der Waals surface area (Å²) < 4.78 is 28.8. The van der Waals surface area contributed by atoms with Gasteiger partial charge in [0.2, 0.25) is 0 Å². The van der Waals surface area contributed by atoms with Crippen molar-refractivity contribution in [2.45, 2.75) is 38.5 Å². The van der Waals surface area contributed by atoms with Crippen molar-refractivity contribution < 1.29 is 8.78 Å². The van der Waals surface area contributed by atoms with Crippen LogP contribution in [0.4, 0.5) is 14.6 Å². The normalized spacial score (nSPS) is 25.3. The molecule has 2 atom stereocenters. The van der Waals surface area contributed by atoms with Gasteiger partial charge in [-0.3, -0.25) is 0 Å². The number of nitrogens with zero attached hydrogens (tertiary/aromatic N) is 2. The van der Waals surface area contributed by atoms with Gasteiger partial charge in [0, 0.05) is 17.5 Å². The van der Waals surface area contributed by atoms with Crippen LogP contribution in [0.25, 0.3) is 5.69 Å². The van der Waals surface area contributed by atoms with E-state index in [2.05, 4.69) is 18.9 Å². The van der Waals surface area contributed by atoms with E-state index in [0.717, 1.165) is 30.2 Å². The van der Waals surface area contributed by atoms with Crippen LogP contribution in [-0.4, -0.2) is 9.78 Å². The first-order valence-corrected chi connectivity index (χ1v) is 7.25. The molecule has 3 nitrogen and oxygen atoms in total. The lowest BCUT2D eigenvalue weighted by Crippen LogP contribution is -2.17. The van der Waals surface area contributed by atoms with Crippen LogP contribution in [0.1, 0.15) is 49.8 Å². The van der Waals surface area contributed by atoms with E-state index in [1.54, 1.807) is 4.68 Å². The summed E-state index contributed by atoms with van der Waals surface area (Å²) in [5, 5.41) is 4.33. The fourth-order valence-electron chi connectivity index (χ4n) is 4.32. The zero-order valence-electron chi connectivity index (χ0n) is 12.0. The average molecular weight is 289 g/mol. The van der Waals surface area contributed by atoms with E-state index in [4.69, 9.17) is 5.73 Å². The minimum Gasteiger partial charge on any atom is -0.382 e. The highest BCUT2D eigenvalue weighted by molar-refractivity contribution is 5.56. The van der Waals surface area contributed by atoms with Gasteiger partial charge in [0.1, 0.15) is 17.3 Å². The minimum absolute atomic E-state index is 0.125. The molecule has 2 N–H and O–H groups in total. The van der Waals surface area contributed by atoms with E-state index in [9.17, 15) is 8.78 Å². The number of nitrogens with two attached hydrogens (primary N) is 1. The maximum atomic E-state index is 14.1. The Balaban J connectivity index is 1.95. The van der Waals surface area contributed by atoms with Crippen molar-refractivity contribution >= 4 is 5.82 Å². The number of anilines is 1. The Morgan fingerprint density at radius 3 is 2.67 bits per heavy atom. The molecular weight excluding hydrogens is 272 g/mol. The highest BCUT2D eigenvalue weighted by atomic mass is 19.1. The van der Waals surface area contributed by atoms with Crippen molar-refractivity contribution in [3.63, 3.8) is 0 Å². The van der Waals surface area contributed by atoms with Crippen LogP contribution in [0.5, 0.6) is 0 Å². The summed E-state index contributed by atoms with van der Waals surface area (Å²) >= 11 is 0. The SMILES string of the molecule is CC1(C)[C@@H]2CC[C@@H]1c1c2c(N)nn1-c1ccc(F)cc1F. The number of aromatic nitrogens is 2. The van der Waals surface area contributed by atoms with Gasteiger partial charge in [-0.15, -0.1) is 0 Å². The van der Waals surface area contributed by atoms with Crippen LogP contribution in [-0.2, 0) is 0 Å². The molecule has 1 aromatic carbocycles. The lowest BCUT2D eigenvalue weighted by Gasteiger charge is -2.25. The summed E-state index contributed by atoms with van der Waals surface area (Å²) in [7, 11) is 0. The number of rotatable bonds is 1. The highest BCUT2D eigenvalue weighted by Gasteiger charge is 2.55. The molecule has 0 amide bonds. The molecule has 21 heavy (non-hydrogen) atoms. The van der Waals surface area contributed by atoms with Crippen LogP contribution in [0.2, 0.25) is 0 Å². The van der Waals surface area contributed by atoms with Gasteiger partial charge in [0.05, 0.1) is 5.69 Å². The molecule has 0 aliphatic heterocycles. The third kappa shape index (κ3) is 1.49. The molecule has 2 aliphatic rings. The van der Waals surface area contributed by atoms with E-state index in [1.807, 2.05) is 0 Å². The van der Waals surface area contributed by atoms with Gasteiger partial charge in [-0.25, -0.2) is 13.5 Å². The summed E-state index contributed by atoms with van der Waals surface area (Å²) in [6, 6.07) is 3.56. The van der Waals surface area contributed by atoms with Crippen molar-refractivity contribution in [3.05, 3.63) is 41.1 Å². The zero-order valence-corrected chi connectivity index (χ0v) is 12.0. The summed E-state index contributed by atoms with van der Waals surface area (Å²) in [4.78, 5) is 0. The van der Waals surface area contributed by atoms with Crippen molar-refractivity contribution in [1.82, 2.24) is 9.78 Å². The topological polar surface area (TPSA) is 43.8 Å². The first kappa shape index (κ1) is 12.8. The Morgan fingerprint density at radius 1 is 1.24 bits per heavy atom. The lowest BCUT2D eigenvalue weighted by molar-refractivity contribution is 0.319. The molecule has 2 aliphatic carbocycles. The predicted molar refractivity (Wildman–Crippen MR) is 76.4 cm³/mol. The Labute approximate surface area is 121 Å². The van der Waals surface area contributed by atoms with E-state index in [0.29, 0.717) is 17.7 Å². The monoisotopic (exact) mass is 289 g/mol. The van der Waals surface area contributed by atoms with Crippen LogP contribution >= 0.6 is 0 Å². The van der Waals surface area contributed by atoms with Gasteiger partial charge < -0.3 is 5.73 Å². The molecule has 4 rings (SSSR count). The number of fused-ring (bicyclic) bond motifs is 5. The van der Waals surface area contributed by atoms with E-state index in [-0.39, 0.29) is 11.1 Å². The molecule has 1 aromatic heterocycles. The molecule has 2 aromatic rings. The smallest absolute Gasteiger partial charge is 0.151 e. The van der Waals surface area contributed by atoms with Crippen LogP contribution in [0, 0.1) is 17.0 Å². The van der Waals surface area contributed by atoms with Crippen molar-refractivity contribution in [2.75, 3.05) is 5.73 Å². The number of hydrogen-bond donors (Lipinski definition) is 1. The second-order valence-electron chi connectivity index (χ2n) is 6.70. The average Bonchev–Trinajstić information content (AvgIpc) is 2.97. The van der Waals surface area contributed by atoms with E-state index in [1.165, 1.54) is 12.1 Å². The number of hydrogen-bond acceptors (Lipinski definition) is 2. The molecule has 2 bridgehead atoms. The van der Waals surface area contributed by atoms with Gasteiger partial charge in [0.25, 0.3) is 0 Å². The van der Waals surface area contributed by atoms with Crippen molar-refractivity contribution in [3.8, 4) is 5.69 Å². The maximum absolute atomic E-state index is 14.1. The van der Waals surface area contributed by atoms with Crippen molar-refractivity contribution in [1.29, 1.82) is 0 Å². The van der Waals surface area contributed by atoms with Crippen LogP contribution in [0.3, 0.4) is 0 Å². The first-order valence-electron chi connectivity index (χ1n) is 7.25. The third-order valence-corrected chi connectivity index (χ3v) is 5.34.